The Labute approximate surface area is 181 Å². The van der Waals surface area contributed by atoms with Gasteiger partial charge in [-0.05, 0) is 47.9 Å². The number of fused-ring (bicyclic) bond motifs is 1. The molecule has 0 bridgehead atoms. The van der Waals surface area contributed by atoms with Gasteiger partial charge in [0.25, 0.3) is 5.91 Å². The molecule has 150 valence electrons. The van der Waals surface area contributed by atoms with Crippen molar-refractivity contribution in [1.29, 1.82) is 0 Å². The highest BCUT2D eigenvalue weighted by molar-refractivity contribution is 6.30. The smallest absolute Gasteiger partial charge is 0.254 e. The minimum atomic E-state index is 0.00391. The maximum absolute atomic E-state index is 13.2. The third-order valence-corrected chi connectivity index (χ3v) is 5.39. The monoisotopic (exact) mass is 414 g/mol. The number of nitrogens with zero attached hydrogens (tertiary/aromatic N) is 1. The van der Waals surface area contributed by atoms with Crippen molar-refractivity contribution in [3.05, 3.63) is 113 Å². The second-order valence-electron chi connectivity index (χ2n) is 7.18. The largest absolute Gasteiger partial charge is 0.361 e. The normalized spacial score (nSPS) is 11.2. The zero-order valence-corrected chi connectivity index (χ0v) is 17.3. The van der Waals surface area contributed by atoms with Crippen molar-refractivity contribution >= 4 is 34.5 Å². The van der Waals surface area contributed by atoms with Crippen molar-refractivity contribution in [2.45, 2.75) is 6.42 Å². The van der Waals surface area contributed by atoms with E-state index in [0.29, 0.717) is 23.7 Å². The zero-order chi connectivity index (χ0) is 20.8. The van der Waals surface area contributed by atoms with Gasteiger partial charge >= 0.3 is 0 Å². The molecule has 0 radical (unpaired) electrons. The molecule has 0 saturated heterocycles. The van der Waals surface area contributed by atoms with Crippen LogP contribution in [0.3, 0.4) is 0 Å². The van der Waals surface area contributed by atoms with Crippen LogP contribution in [0, 0.1) is 0 Å². The summed E-state index contributed by atoms with van der Waals surface area (Å²) in [6.07, 6.45) is 6.91. The number of halogens is 1. The molecular weight excluding hydrogens is 392 g/mol. The zero-order valence-electron chi connectivity index (χ0n) is 16.6. The summed E-state index contributed by atoms with van der Waals surface area (Å²) in [6, 6.07) is 25.4. The summed E-state index contributed by atoms with van der Waals surface area (Å²) in [5.74, 6) is 0.00391. The lowest BCUT2D eigenvalue weighted by Gasteiger charge is -2.21. The van der Waals surface area contributed by atoms with Gasteiger partial charge in [-0.15, -0.1) is 0 Å². The Hall–Kier alpha value is -3.30. The summed E-state index contributed by atoms with van der Waals surface area (Å²) in [7, 11) is 0. The molecule has 4 aromatic rings. The number of para-hydroxylation sites is 1. The minimum absolute atomic E-state index is 0.00391. The predicted octanol–water partition coefficient (Wildman–Crippen LogP) is 6.22. The number of rotatable bonds is 7. The van der Waals surface area contributed by atoms with E-state index in [-0.39, 0.29) is 5.91 Å². The third kappa shape index (κ3) is 4.81. The Morgan fingerprint density at radius 3 is 2.47 bits per heavy atom. The molecule has 3 nitrogen and oxygen atoms in total. The molecule has 4 rings (SSSR count). The third-order valence-electron chi connectivity index (χ3n) is 5.14. The first-order valence-electron chi connectivity index (χ1n) is 10.0. The second kappa shape index (κ2) is 9.47. The van der Waals surface area contributed by atoms with E-state index >= 15 is 0 Å². The van der Waals surface area contributed by atoms with E-state index in [9.17, 15) is 4.79 Å². The number of amides is 1. The van der Waals surface area contributed by atoms with Crippen LogP contribution in [-0.2, 0) is 6.42 Å². The Morgan fingerprint density at radius 2 is 1.67 bits per heavy atom. The van der Waals surface area contributed by atoms with Crippen molar-refractivity contribution in [2.24, 2.45) is 0 Å². The van der Waals surface area contributed by atoms with E-state index in [1.807, 2.05) is 65.7 Å². The summed E-state index contributed by atoms with van der Waals surface area (Å²) in [5.41, 5.74) is 4.10. The van der Waals surface area contributed by atoms with Gasteiger partial charge in [0.05, 0.1) is 0 Å². The maximum atomic E-state index is 13.2. The van der Waals surface area contributed by atoms with Crippen molar-refractivity contribution in [3.8, 4) is 0 Å². The van der Waals surface area contributed by atoms with Crippen LogP contribution in [0.2, 0.25) is 5.02 Å². The van der Waals surface area contributed by atoms with E-state index in [1.165, 1.54) is 10.9 Å². The fraction of sp³-hybridized carbons (Fsp3) is 0.115. The second-order valence-corrected chi connectivity index (χ2v) is 7.62. The first-order chi connectivity index (χ1) is 14.7. The lowest BCUT2D eigenvalue weighted by Crippen LogP contribution is -2.33. The lowest BCUT2D eigenvalue weighted by atomic mass is 10.1. The van der Waals surface area contributed by atoms with Gasteiger partial charge in [-0.1, -0.05) is 72.3 Å². The molecule has 0 aliphatic rings. The molecule has 0 spiro atoms. The highest BCUT2D eigenvalue weighted by Gasteiger charge is 2.15. The Kier molecular flexibility index (Phi) is 6.31. The average Bonchev–Trinajstić information content (AvgIpc) is 3.20. The number of hydrogen-bond donors (Lipinski definition) is 1. The molecule has 30 heavy (non-hydrogen) atoms. The summed E-state index contributed by atoms with van der Waals surface area (Å²) in [5, 5.41) is 1.83. The van der Waals surface area contributed by atoms with E-state index in [1.54, 1.807) is 24.3 Å². The van der Waals surface area contributed by atoms with Gasteiger partial charge in [0.15, 0.2) is 0 Å². The van der Waals surface area contributed by atoms with Crippen molar-refractivity contribution in [2.75, 3.05) is 13.1 Å². The van der Waals surface area contributed by atoms with Crippen LogP contribution in [0.4, 0.5) is 0 Å². The van der Waals surface area contributed by atoms with E-state index in [2.05, 4.69) is 17.1 Å². The van der Waals surface area contributed by atoms with Gasteiger partial charge in [-0.25, -0.2) is 0 Å². The van der Waals surface area contributed by atoms with Crippen molar-refractivity contribution < 1.29 is 4.79 Å². The topological polar surface area (TPSA) is 36.1 Å². The number of H-pyrrole nitrogens is 1. The molecular formula is C26H23ClN2O. The van der Waals surface area contributed by atoms with Crippen LogP contribution in [-0.4, -0.2) is 28.9 Å². The summed E-state index contributed by atoms with van der Waals surface area (Å²) in [4.78, 5) is 18.4. The molecule has 0 atom stereocenters. The van der Waals surface area contributed by atoms with E-state index < -0.39 is 0 Å². The first kappa shape index (κ1) is 20.0. The van der Waals surface area contributed by atoms with Crippen LogP contribution in [0.25, 0.3) is 17.0 Å². The summed E-state index contributed by atoms with van der Waals surface area (Å²) < 4.78 is 0. The molecule has 0 aliphatic carbocycles. The average molecular weight is 415 g/mol. The van der Waals surface area contributed by atoms with Gasteiger partial charge in [0.1, 0.15) is 0 Å². The van der Waals surface area contributed by atoms with Gasteiger partial charge in [-0.2, -0.15) is 0 Å². The molecule has 1 heterocycles. The van der Waals surface area contributed by atoms with Crippen LogP contribution >= 0.6 is 11.6 Å². The van der Waals surface area contributed by atoms with Gasteiger partial charge in [0.2, 0.25) is 0 Å². The first-order valence-corrected chi connectivity index (χ1v) is 10.4. The molecule has 3 aromatic carbocycles. The van der Waals surface area contributed by atoms with Gasteiger partial charge in [0, 0.05) is 40.8 Å². The highest BCUT2D eigenvalue weighted by Crippen LogP contribution is 2.19. The molecule has 1 amide bonds. The minimum Gasteiger partial charge on any atom is -0.361 e. The number of benzene rings is 3. The molecule has 0 aliphatic heterocycles. The molecule has 0 unspecified atom stereocenters. The number of hydrogen-bond acceptors (Lipinski definition) is 1. The fourth-order valence-corrected chi connectivity index (χ4v) is 3.65. The van der Waals surface area contributed by atoms with Crippen LogP contribution in [0.5, 0.6) is 0 Å². The predicted molar refractivity (Wildman–Crippen MR) is 125 cm³/mol. The number of carbonyl (C=O) groups excluding carboxylic acids is 1. The Bertz CT molecular complexity index is 1150. The standard InChI is InChI=1S/C26H23ClN2O/c27-23-14-12-21(13-15-23)26(30)29(17-6-9-20-7-2-1-3-8-20)18-16-22-19-28-25-11-5-4-10-24(22)25/h1-15,19,28H,16-18H2/b9-6+. The van der Waals surface area contributed by atoms with Gasteiger partial charge in [-0.3, -0.25) is 4.79 Å². The SMILES string of the molecule is O=C(c1ccc(Cl)cc1)N(C/C=C/c1ccccc1)CCc1c[nH]c2ccccc12. The molecule has 1 aromatic heterocycles. The van der Waals surface area contributed by atoms with E-state index in [0.717, 1.165) is 17.5 Å². The molecule has 1 N–H and O–H groups in total. The maximum Gasteiger partial charge on any atom is 0.254 e. The van der Waals surface area contributed by atoms with Crippen LogP contribution in [0.1, 0.15) is 21.5 Å². The molecule has 0 saturated carbocycles. The van der Waals surface area contributed by atoms with Crippen molar-refractivity contribution in [1.82, 2.24) is 9.88 Å². The number of aromatic nitrogens is 1. The number of nitrogens with one attached hydrogen (secondary N) is 1. The highest BCUT2D eigenvalue weighted by atomic mass is 35.5. The van der Waals surface area contributed by atoms with Crippen LogP contribution < -0.4 is 0 Å². The Balaban J connectivity index is 1.52. The Morgan fingerprint density at radius 1 is 0.933 bits per heavy atom. The van der Waals surface area contributed by atoms with Crippen LogP contribution in [0.15, 0.2) is 91.1 Å². The van der Waals surface area contributed by atoms with E-state index in [4.69, 9.17) is 11.6 Å². The summed E-state index contributed by atoms with van der Waals surface area (Å²) >= 11 is 5.99. The van der Waals surface area contributed by atoms with Crippen molar-refractivity contribution in [3.63, 3.8) is 0 Å². The number of carbonyl (C=O) groups is 1. The quantitative estimate of drug-likeness (QED) is 0.383. The molecule has 4 heteroatoms. The lowest BCUT2D eigenvalue weighted by molar-refractivity contribution is 0.0776. The fourth-order valence-electron chi connectivity index (χ4n) is 3.52. The molecule has 0 fully saturated rings. The number of aromatic amines is 1. The van der Waals surface area contributed by atoms with Gasteiger partial charge < -0.3 is 9.88 Å². The summed E-state index contributed by atoms with van der Waals surface area (Å²) in [6.45, 7) is 1.17.